The Hall–Kier alpha value is 0.0700. The van der Waals surface area contributed by atoms with E-state index in [4.69, 9.17) is 10.5 Å². The molecule has 1 heterocycles. The zero-order valence-electron chi connectivity index (χ0n) is 9.61. The molecule has 0 aromatic carbocycles. The molecule has 0 saturated carbocycles. The lowest BCUT2D eigenvalue weighted by Gasteiger charge is -2.21. The van der Waals surface area contributed by atoms with E-state index in [0.717, 1.165) is 51.1 Å². The highest BCUT2D eigenvalue weighted by molar-refractivity contribution is 7.85. The Labute approximate surface area is 95.2 Å². The molecule has 1 rings (SSSR count). The fraction of sp³-hybridized carbons (Fsp3) is 1.00. The Morgan fingerprint density at radius 3 is 2.73 bits per heavy atom. The van der Waals surface area contributed by atoms with Gasteiger partial charge in [0.15, 0.2) is 0 Å². The average molecular weight is 233 g/mol. The quantitative estimate of drug-likeness (QED) is 0.755. The summed E-state index contributed by atoms with van der Waals surface area (Å²) in [6.45, 7) is 3.66. The maximum atomic E-state index is 11.9. The molecule has 1 aliphatic rings. The van der Waals surface area contributed by atoms with Crippen molar-refractivity contribution in [3.63, 3.8) is 0 Å². The van der Waals surface area contributed by atoms with Crippen LogP contribution in [0, 0.1) is 0 Å². The van der Waals surface area contributed by atoms with Crippen molar-refractivity contribution in [3.05, 3.63) is 0 Å². The third kappa shape index (κ3) is 5.09. The van der Waals surface area contributed by atoms with Crippen molar-refractivity contribution in [2.45, 2.75) is 50.3 Å². The summed E-state index contributed by atoms with van der Waals surface area (Å²) < 4.78 is 17.1. The van der Waals surface area contributed by atoms with Crippen LogP contribution >= 0.6 is 0 Å². The molecular weight excluding hydrogens is 210 g/mol. The number of nitrogens with two attached hydrogens (primary N) is 1. The SMILES string of the molecule is CCC(N)CCCS(=O)C1CCOCC1. The summed E-state index contributed by atoms with van der Waals surface area (Å²) in [6, 6.07) is 0.289. The van der Waals surface area contributed by atoms with Crippen LogP contribution in [0.15, 0.2) is 0 Å². The van der Waals surface area contributed by atoms with Gasteiger partial charge in [-0.15, -0.1) is 0 Å². The minimum atomic E-state index is -0.660. The van der Waals surface area contributed by atoms with Gasteiger partial charge in [0.1, 0.15) is 0 Å². The Morgan fingerprint density at radius 2 is 2.13 bits per heavy atom. The van der Waals surface area contributed by atoms with Gasteiger partial charge >= 0.3 is 0 Å². The van der Waals surface area contributed by atoms with Crippen molar-refractivity contribution in [2.24, 2.45) is 5.73 Å². The third-order valence-corrected chi connectivity index (χ3v) is 4.89. The molecule has 0 amide bonds. The number of ether oxygens (including phenoxy) is 1. The van der Waals surface area contributed by atoms with Crippen LogP contribution in [0.1, 0.15) is 39.0 Å². The van der Waals surface area contributed by atoms with E-state index in [0.29, 0.717) is 5.25 Å². The van der Waals surface area contributed by atoms with Gasteiger partial charge in [-0.05, 0) is 32.1 Å². The van der Waals surface area contributed by atoms with Gasteiger partial charge in [0.05, 0.1) is 0 Å². The van der Waals surface area contributed by atoms with Crippen molar-refractivity contribution in [3.8, 4) is 0 Å². The van der Waals surface area contributed by atoms with Crippen LogP contribution in [-0.2, 0) is 15.5 Å². The van der Waals surface area contributed by atoms with Gasteiger partial charge < -0.3 is 10.5 Å². The summed E-state index contributed by atoms with van der Waals surface area (Å²) in [4.78, 5) is 0. The normalized spacial score (nSPS) is 22.5. The molecule has 0 aliphatic carbocycles. The number of hydrogen-bond acceptors (Lipinski definition) is 3. The van der Waals surface area contributed by atoms with Crippen LogP contribution in [0.25, 0.3) is 0 Å². The van der Waals surface area contributed by atoms with E-state index in [2.05, 4.69) is 6.92 Å². The second kappa shape index (κ2) is 7.36. The van der Waals surface area contributed by atoms with Crippen molar-refractivity contribution in [1.29, 1.82) is 0 Å². The minimum absolute atomic E-state index is 0.289. The molecule has 1 fully saturated rings. The molecule has 15 heavy (non-hydrogen) atoms. The van der Waals surface area contributed by atoms with Gasteiger partial charge in [0, 0.05) is 41.1 Å². The molecule has 0 aromatic rings. The first-order chi connectivity index (χ1) is 7.24. The second-order valence-corrected chi connectivity index (χ2v) is 6.04. The molecule has 2 atom stereocenters. The molecule has 2 N–H and O–H groups in total. The van der Waals surface area contributed by atoms with E-state index in [9.17, 15) is 4.21 Å². The van der Waals surface area contributed by atoms with Crippen LogP contribution < -0.4 is 5.73 Å². The second-order valence-electron chi connectivity index (χ2n) is 4.21. The molecule has 90 valence electrons. The molecule has 0 spiro atoms. The fourth-order valence-corrected chi connectivity index (χ4v) is 3.30. The lowest BCUT2D eigenvalue weighted by Crippen LogP contribution is -2.27. The first-order valence-electron chi connectivity index (χ1n) is 5.94. The minimum Gasteiger partial charge on any atom is -0.381 e. The highest BCUT2D eigenvalue weighted by atomic mass is 32.2. The van der Waals surface area contributed by atoms with Crippen molar-refractivity contribution >= 4 is 10.8 Å². The smallest absolute Gasteiger partial charge is 0.0477 e. The average Bonchev–Trinajstić information content (AvgIpc) is 2.29. The summed E-state index contributed by atoms with van der Waals surface area (Å²) in [5, 5.41) is 0.372. The molecule has 3 nitrogen and oxygen atoms in total. The first kappa shape index (κ1) is 13.1. The molecule has 0 radical (unpaired) electrons. The summed E-state index contributed by atoms with van der Waals surface area (Å²) in [6.07, 6.45) is 4.95. The molecule has 2 unspecified atom stereocenters. The van der Waals surface area contributed by atoms with Gasteiger partial charge in [0.2, 0.25) is 0 Å². The summed E-state index contributed by atoms with van der Waals surface area (Å²) in [5.41, 5.74) is 5.82. The maximum absolute atomic E-state index is 11.9. The van der Waals surface area contributed by atoms with E-state index in [-0.39, 0.29) is 6.04 Å². The maximum Gasteiger partial charge on any atom is 0.0477 e. The van der Waals surface area contributed by atoms with Crippen LogP contribution in [0.4, 0.5) is 0 Å². The van der Waals surface area contributed by atoms with Gasteiger partial charge in [-0.25, -0.2) is 0 Å². The van der Waals surface area contributed by atoms with Gasteiger partial charge in [-0.1, -0.05) is 6.92 Å². The Bertz CT molecular complexity index is 193. The molecular formula is C11H23NO2S. The van der Waals surface area contributed by atoms with Crippen molar-refractivity contribution < 1.29 is 8.95 Å². The first-order valence-corrected chi connectivity index (χ1v) is 7.32. The van der Waals surface area contributed by atoms with Gasteiger partial charge in [0.25, 0.3) is 0 Å². The van der Waals surface area contributed by atoms with Crippen molar-refractivity contribution in [2.75, 3.05) is 19.0 Å². The van der Waals surface area contributed by atoms with Crippen LogP contribution in [-0.4, -0.2) is 34.5 Å². The molecule has 1 aliphatic heterocycles. The topological polar surface area (TPSA) is 52.3 Å². The van der Waals surface area contributed by atoms with E-state index in [1.165, 1.54) is 0 Å². The molecule has 0 aromatic heterocycles. The third-order valence-electron chi connectivity index (χ3n) is 2.98. The Balaban J connectivity index is 2.12. The van der Waals surface area contributed by atoms with Crippen molar-refractivity contribution in [1.82, 2.24) is 0 Å². The van der Waals surface area contributed by atoms with E-state index in [1.54, 1.807) is 0 Å². The predicted octanol–water partition coefficient (Wildman–Crippen LogP) is 1.43. The predicted molar refractivity (Wildman–Crippen MR) is 64.4 cm³/mol. The lowest BCUT2D eigenvalue weighted by atomic mass is 10.1. The zero-order chi connectivity index (χ0) is 11.1. The summed E-state index contributed by atoms with van der Waals surface area (Å²) in [7, 11) is -0.660. The highest BCUT2D eigenvalue weighted by Crippen LogP contribution is 2.14. The highest BCUT2D eigenvalue weighted by Gasteiger charge is 2.19. The number of rotatable bonds is 6. The summed E-state index contributed by atoms with van der Waals surface area (Å²) in [5.74, 6) is 0.818. The van der Waals surface area contributed by atoms with Crippen LogP contribution in [0.5, 0.6) is 0 Å². The van der Waals surface area contributed by atoms with E-state index in [1.807, 2.05) is 0 Å². The Kier molecular flexibility index (Phi) is 6.45. The zero-order valence-corrected chi connectivity index (χ0v) is 10.4. The standard InChI is InChI=1S/C11H23NO2S/c1-2-10(12)4-3-9-15(13)11-5-7-14-8-6-11/h10-11H,2-9,12H2,1H3. The molecule has 0 bridgehead atoms. The largest absolute Gasteiger partial charge is 0.381 e. The van der Waals surface area contributed by atoms with E-state index < -0.39 is 10.8 Å². The fourth-order valence-electron chi connectivity index (χ4n) is 1.80. The molecule has 4 heteroatoms. The van der Waals surface area contributed by atoms with Crippen LogP contribution in [0.2, 0.25) is 0 Å². The number of hydrogen-bond donors (Lipinski definition) is 1. The molecule has 1 saturated heterocycles. The monoisotopic (exact) mass is 233 g/mol. The van der Waals surface area contributed by atoms with Gasteiger partial charge in [-0.2, -0.15) is 0 Å². The van der Waals surface area contributed by atoms with Gasteiger partial charge in [-0.3, -0.25) is 4.21 Å². The Morgan fingerprint density at radius 1 is 1.47 bits per heavy atom. The lowest BCUT2D eigenvalue weighted by molar-refractivity contribution is 0.0992. The summed E-state index contributed by atoms with van der Waals surface area (Å²) >= 11 is 0. The van der Waals surface area contributed by atoms with Crippen LogP contribution in [0.3, 0.4) is 0 Å². The van der Waals surface area contributed by atoms with E-state index >= 15 is 0 Å².